The first kappa shape index (κ1) is 18.1. The van der Waals surface area contributed by atoms with E-state index in [0.29, 0.717) is 12.1 Å². The molecule has 3 rings (SSSR count). The number of carbonyl (C=O) groups is 1. The van der Waals surface area contributed by atoms with Crippen LogP contribution in [-0.4, -0.2) is 58.7 Å². The Kier molecular flexibility index (Phi) is 5.57. The first-order valence-electron chi connectivity index (χ1n) is 9.57. The van der Waals surface area contributed by atoms with Crippen molar-refractivity contribution >= 4 is 11.9 Å². The van der Waals surface area contributed by atoms with Crippen molar-refractivity contribution in [2.75, 3.05) is 37.7 Å². The molecule has 0 spiro atoms. The maximum absolute atomic E-state index is 13.0. The molecule has 3 heterocycles. The van der Waals surface area contributed by atoms with Crippen LogP contribution in [0.25, 0.3) is 0 Å². The second kappa shape index (κ2) is 7.68. The van der Waals surface area contributed by atoms with Gasteiger partial charge < -0.3 is 14.9 Å². The predicted octanol–water partition coefficient (Wildman–Crippen LogP) is 2.40. The van der Waals surface area contributed by atoms with Gasteiger partial charge in [0.25, 0.3) is 5.91 Å². The second-order valence-corrected chi connectivity index (χ2v) is 7.56. The maximum Gasteiger partial charge on any atom is 0.257 e. The zero-order valence-corrected chi connectivity index (χ0v) is 15.5. The summed E-state index contributed by atoms with van der Waals surface area (Å²) in [5.41, 5.74) is 1.18. The predicted molar refractivity (Wildman–Crippen MR) is 97.8 cm³/mol. The highest BCUT2D eigenvalue weighted by molar-refractivity contribution is 5.95. The summed E-state index contributed by atoms with van der Waals surface area (Å²) in [7, 11) is 0. The lowest BCUT2D eigenvalue weighted by molar-refractivity contribution is 0.0251. The van der Waals surface area contributed by atoms with Gasteiger partial charge in [-0.2, -0.15) is 0 Å². The molecule has 2 fully saturated rings. The van der Waals surface area contributed by atoms with Gasteiger partial charge in [0.1, 0.15) is 0 Å². The molecule has 0 radical (unpaired) electrons. The summed E-state index contributed by atoms with van der Waals surface area (Å²) < 4.78 is 0. The minimum atomic E-state index is -0.156. The lowest BCUT2D eigenvalue weighted by Gasteiger charge is -2.41. The molecule has 6 heteroatoms. The zero-order chi connectivity index (χ0) is 17.9. The molecule has 1 amide bonds. The fourth-order valence-electron chi connectivity index (χ4n) is 3.99. The van der Waals surface area contributed by atoms with Crippen molar-refractivity contribution in [1.82, 2.24) is 14.9 Å². The summed E-state index contributed by atoms with van der Waals surface area (Å²) >= 11 is 0. The van der Waals surface area contributed by atoms with Gasteiger partial charge >= 0.3 is 0 Å². The van der Waals surface area contributed by atoms with E-state index in [1.165, 1.54) is 19.3 Å². The number of hydrogen-bond acceptors (Lipinski definition) is 5. The van der Waals surface area contributed by atoms with Crippen molar-refractivity contribution in [2.45, 2.75) is 52.4 Å². The van der Waals surface area contributed by atoms with Crippen LogP contribution in [0.3, 0.4) is 0 Å². The Morgan fingerprint density at radius 3 is 2.64 bits per heavy atom. The van der Waals surface area contributed by atoms with Gasteiger partial charge in [0.15, 0.2) is 0 Å². The molecule has 0 saturated carbocycles. The van der Waals surface area contributed by atoms with Crippen molar-refractivity contribution in [3.8, 4) is 0 Å². The van der Waals surface area contributed by atoms with E-state index < -0.39 is 0 Å². The Labute approximate surface area is 150 Å². The summed E-state index contributed by atoms with van der Waals surface area (Å²) in [5, 5.41) is 9.78. The van der Waals surface area contributed by atoms with E-state index in [2.05, 4.69) is 21.8 Å². The highest BCUT2D eigenvalue weighted by atomic mass is 16.3. The van der Waals surface area contributed by atoms with Gasteiger partial charge in [0.2, 0.25) is 5.95 Å². The normalized spacial score (nSPS) is 24.4. The zero-order valence-electron chi connectivity index (χ0n) is 15.5. The Bertz CT molecular complexity index is 609. The Hall–Kier alpha value is -1.69. The number of amides is 1. The molecular formula is C19H30N4O2. The number of aliphatic hydroxyl groups excluding tert-OH is 1. The Morgan fingerprint density at radius 2 is 2.00 bits per heavy atom. The molecule has 25 heavy (non-hydrogen) atoms. The monoisotopic (exact) mass is 346 g/mol. The summed E-state index contributed by atoms with van der Waals surface area (Å²) in [6, 6.07) is 0. The summed E-state index contributed by atoms with van der Waals surface area (Å²) in [6.45, 7) is 7.47. The van der Waals surface area contributed by atoms with E-state index in [0.717, 1.165) is 50.5 Å². The van der Waals surface area contributed by atoms with Crippen LogP contribution in [0.4, 0.5) is 5.95 Å². The fraction of sp³-hybridized carbons (Fsp3) is 0.737. The minimum absolute atomic E-state index is 0.00586. The molecule has 1 aromatic heterocycles. The number of aryl methyl sites for hydroxylation is 1. The van der Waals surface area contributed by atoms with E-state index in [1.54, 1.807) is 6.20 Å². The highest BCUT2D eigenvalue weighted by Crippen LogP contribution is 2.33. The van der Waals surface area contributed by atoms with Crippen LogP contribution in [0.1, 0.15) is 61.5 Å². The van der Waals surface area contributed by atoms with Gasteiger partial charge in [-0.15, -0.1) is 0 Å². The van der Waals surface area contributed by atoms with E-state index in [1.807, 2.05) is 11.8 Å². The molecule has 138 valence electrons. The molecule has 1 aromatic rings. The molecule has 2 aliphatic heterocycles. The number of hydrogen-bond donors (Lipinski definition) is 1. The van der Waals surface area contributed by atoms with E-state index >= 15 is 0 Å². The Morgan fingerprint density at radius 1 is 1.24 bits per heavy atom. The SMILES string of the molecule is CCC1(CO)CCCN(C(=O)c2cnc(N3CCCCC3)nc2C)C1. The third kappa shape index (κ3) is 3.78. The molecule has 1 N–H and O–H groups in total. The van der Waals surface area contributed by atoms with E-state index in [-0.39, 0.29) is 17.9 Å². The quantitative estimate of drug-likeness (QED) is 0.906. The third-order valence-electron chi connectivity index (χ3n) is 5.87. The Balaban J connectivity index is 1.75. The van der Waals surface area contributed by atoms with Crippen LogP contribution in [0.2, 0.25) is 0 Å². The summed E-state index contributed by atoms with van der Waals surface area (Å²) in [6.07, 6.45) is 8.12. The average Bonchev–Trinajstić information content (AvgIpc) is 2.68. The second-order valence-electron chi connectivity index (χ2n) is 7.56. The fourth-order valence-corrected chi connectivity index (χ4v) is 3.99. The van der Waals surface area contributed by atoms with Gasteiger partial charge in [-0.25, -0.2) is 9.97 Å². The van der Waals surface area contributed by atoms with Gasteiger partial charge in [0.05, 0.1) is 17.9 Å². The van der Waals surface area contributed by atoms with Crippen LogP contribution in [0.15, 0.2) is 6.20 Å². The van der Waals surface area contributed by atoms with Crippen molar-refractivity contribution in [3.05, 3.63) is 17.5 Å². The number of aliphatic hydroxyl groups is 1. The lowest BCUT2D eigenvalue weighted by Crippen LogP contribution is -2.47. The van der Waals surface area contributed by atoms with Gasteiger partial charge in [-0.3, -0.25) is 4.79 Å². The molecule has 2 aliphatic rings. The molecule has 1 unspecified atom stereocenters. The van der Waals surface area contributed by atoms with Crippen LogP contribution in [0, 0.1) is 12.3 Å². The van der Waals surface area contributed by atoms with Crippen molar-refractivity contribution in [2.24, 2.45) is 5.41 Å². The molecule has 6 nitrogen and oxygen atoms in total. The van der Waals surface area contributed by atoms with Gasteiger partial charge in [0, 0.05) is 37.8 Å². The van der Waals surface area contributed by atoms with Crippen molar-refractivity contribution < 1.29 is 9.90 Å². The molecular weight excluding hydrogens is 316 g/mol. The number of nitrogens with zero attached hydrogens (tertiary/aromatic N) is 4. The first-order chi connectivity index (χ1) is 12.1. The average molecular weight is 346 g/mol. The van der Waals surface area contributed by atoms with Gasteiger partial charge in [-0.1, -0.05) is 6.92 Å². The van der Waals surface area contributed by atoms with Gasteiger partial charge in [-0.05, 0) is 45.4 Å². The first-order valence-corrected chi connectivity index (χ1v) is 9.57. The molecule has 2 saturated heterocycles. The topological polar surface area (TPSA) is 69.6 Å². The largest absolute Gasteiger partial charge is 0.396 e. The molecule has 0 bridgehead atoms. The summed E-state index contributed by atoms with van der Waals surface area (Å²) in [4.78, 5) is 26.1. The number of anilines is 1. The molecule has 0 aliphatic carbocycles. The van der Waals surface area contributed by atoms with Crippen molar-refractivity contribution in [1.29, 1.82) is 0 Å². The number of aromatic nitrogens is 2. The lowest BCUT2D eigenvalue weighted by atomic mass is 9.78. The number of likely N-dealkylation sites (tertiary alicyclic amines) is 1. The van der Waals surface area contributed by atoms with E-state index in [9.17, 15) is 9.90 Å². The van der Waals surface area contributed by atoms with Crippen LogP contribution >= 0.6 is 0 Å². The summed E-state index contributed by atoms with van der Waals surface area (Å²) in [5.74, 6) is 0.735. The minimum Gasteiger partial charge on any atom is -0.396 e. The number of piperidine rings is 2. The molecule has 1 atom stereocenters. The number of carbonyl (C=O) groups excluding carboxylic acids is 1. The third-order valence-corrected chi connectivity index (χ3v) is 5.87. The maximum atomic E-state index is 13.0. The van der Waals surface area contributed by atoms with Crippen LogP contribution < -0.4 is 4.90 Å². The smallest absolute Gasteiger partial charge is 0.257 e. The number of rotatable bonds is 4. The van der Waals surface area contributed by atoms with E-state index in [4.69, 9.17) is 0 Å². The highest BCUT2D eigenvalue weighted by Gasteiger charge is 2.36. The van der Waals surface area contributed by atoms with Crippen LogP contribution in [0.5, 0.6) is 0 Å². The molecule has 0 aromatic carbocycles. The standard InChI is InChI=1S/C19H30N4O2/c1-3-19(14-24)8-7-11-23(13-19)17(25)16-12-20-18(21-15(16)2)22-9-5-4-6-10-22/h12,24H,3-11,13-14H2,1-2H3. The van der Waals surface area contributed by atoms with Crippen molar-refractivity contribution in [3.63, 3.8) is 0 Å². The van der Waals surface area contributed by atoms with Crippen LogP contribution in [-0.2, 0) is 0 Å².